The Labute approximate surface area is 149 Å². The maximum Gasteiger partial charge on any atom is 0.315 e. The molecular weight excluding hydrogens is 338 g/mol. The number of likely N-dealkylation sites (tertiary alicyclic amines) is 1. The molecule has 0 aliphatic carbocycles. The Balaban J connectivity index is 1.41. The van der Waals surface area contributed by atoms with E-state index in [0.717, 1.165) is 12.1 Å². The van der Waals surface area contributed by atoms with Gasteiger partial charge in [0.15, 0.2) is 9.84 Å². The van der Waals surface area contributed by atoms with Crippen molar-refractivity contribution in [2.24, 2.45) is 0 Å². The van der Waals surface area contributed by atoms with Crippen molar-refractivity contribution in [3.63, 3.8) is 0 Å². The maximum atomic E-state index is 11.9. The zero-order valence-electron chi connectivity index (χ0n) is 14.5. The standard InChI is InChI=1S/C18H27N3O3S/c22-18(20-17-8-11-25(23,24)14-17)19-12-15-4-6-16(7-5-15)13-21-9-2-1-3-10-21/h4-7,17H,1-3,8-14H2,(H2,19,20,22). The molecule has 6 nitrogen and oxygen atoms in total. The van der Waals surface area contributed by atoms with E-state index in [1.807, 2.05) is 12.1 Å². The number of carbonyl (C=O) groups excluding carboxylic acids is 1. The summed E-state index contributed by atoms with van der Waals surface area (Å²) in [5.74, 6) is 0.210. The SMILES string of the molecule is O=C(NCc1ccc(CN2CCCCC2)cc1)NC1CCS(=O)(=O)C1. The molecule has 3 rings (SSSR count). The summed E-state index contributed by atoms with van der Waals surface area (Å²) in [5.41, 5.74) is 2.34. The molecule has 2 aliphatic rings. The minimum Gasteiger partial charge on any atom is -0.334 e. The molecule has 0 radical (unpaired) electrons. The van der Waals surface area contributed by atoms with Gasteiger partial charge in [0.05, 0.1) is 11.5 Å². The lowest BCUT2D eigenvalue weighted by Crippen LogP contribution is -2.42. The minimum atomic E-state index is -2.97. The van der Waals surface area contributed by atoms with Crippen molar-refractivity contribution in [1.82, 2.24) is 15.5 Å². The van der Waals surface area contributed by atoms with Crippen LogP contribution in [-0.2, 0) is 22.9 Å². The average Bonchev–Trinajstić information content (AvgIpc) is 2.94. The fraction of sp³-hybridized carbons (Fsp3) is 0.611. The van der Waals surface area contributed by atoms with Gasteiger partial charge in [-0.05, 0) is 43.5 Å². The van der Waals surface area contributed by atoms with E-state index in [-0.39, 0.29) is 23.6 Å². The van der Waals surface area contributed by atoms with Gasteiger partial charge in [-0.3, -0.25) is 4.90 Å². The number of amides is 2. The first-order valence-corrected chi connectivity index (χ1v) is 10.9. The largest absolute Gasteiger partial charge is 0.334 e. The fourth-order valence-electron chi connectivity index (χ4n) is 3.47. The van der Waals surface area contributed by atoms with Gasteiger partial charge in [-0.1, -0.05) is 30.7 Å². The van der Waals surface area contributed by atoms with Crippen LogP contribution < -0.4 is 10.6 Å². The number of hydrogen-bond donors (Lipinski definition) is 2. The first-order chi connectivity index (χ1) is 12.0. The van der Waals surface area contributed by atoms with Crippen LogP contribution in [0.2, 0.25) is 0 Å². The van der Waals surface area contributed by atoms with Gasteiger partial charge >= 0.3 is 6.03 Å². The van der Waals surface area contributed by atoms with Gasteiger partial charge in [0.25, 0.3) is 0 Å². The Bertz CT molecular complexity index is 682. The molecule has 2 aliphatic heterocycles. The number of piperidine rings is 1. The Hall–Kier alpha value is -1.60. The third-order valence-electron chi connectivity index (χ3n) is 4.90. The van der Waals surface area contributed by atoms with Crippen LogP contribution in [0.1, 0.15) is 36.8 Å². The molecule has 2 N–H and O–H groups in total. The molecule has 1 aromatic carbocycles. The molecule has 0 spiro atoms. The highest BCUT2D eigenvalue weighted by Gasteiger charge is 2.28. The Kier molecular flexibility index (Phi) is 5.96. The van der Waals surface area contributed by atoms with Gasteiger partial charge in [0.1, 0.15) is 0 Å². The average molecular weight is 365 g/mol. The van der Waals surface area contributed by atoms with Crippen LogP contribution in [0.5, 0.6) is 0 Å². The number of nitrogens with zero attached hydrogens (tertiary/aromatic N) is 1. The molecule has 2 saturated heterocycles. The van der Waals surface area contributed by atoms with E-state index in [1.165, 1.54) is 37.9 Å². The monoisotopic (exact) mass is 365 g/mol. The van der Waals surface area contributed by atoms with E-state index in [2.05, 4.69) is 27.7 Å². The molecule has 138 valence electrons. The molecule has 25 heavy (non-hydrogen) atoms. The van der Waals surface area contributed by atoms with E-state index in [1.54, 1.807) is 0 Å². The lowest BCUT2D eigenvalue weighted by molar-refractivity contribution is 0.221. The summed E-state index contributed by atoms with van der Waals surface area (Å²) in [7, 11) is -2.97. The van der Waals surface area contributed by atoms with Gasteiger partial charge in [0.2, 0.25) is 0 Å². The van der Waals surface area contributed by atoms with Crippen molar-refractivity contribution < 1.29 is 13.2 Å². The van der Waals surface area contributed by atoms with Crippen LogP contribution in [0, 0.1) is 0 Å². The summed E-state index contributed by atoms with van der Waals surface area (Å²) in [4.78, 5) is 14.4. The van der Waals surface area contributed by atoms with E-state index < -0.39 is 9.84 Å². The maximum absolute atomic E-state index is 11.9. The predicted molar refractivity (Wildman–Crippen MR) is 98.0 cm³/mol. The van der Waals surface area contributed by atoms with Gasteiger partial charge in [-0.2, -0.15) is 0 Å². The van der Waals surface area contributed by atoms with E-state index in [0.29, 0.717) is 13.0 Å². The molecule has 2 heterocycles. The zero-order chi connectivity index (χ0) is 17.7. The Morgan fingerprint density at radius 1 is 1.08 bits per heavy atom. The van der Waals surface area contributed by atoms with Gasteiger partial charge in [-0.15, -0.1) is 0 Å². The third kappa shape index (κ3) is 5.71. The van der Waals surface area contributed by atoms with E-state index in [9.17, 15) is 13.2 Å². The normalized spacial score (nSPS) is 23.3. The summed E-state index contributed by atoms with van der Waals surface area (Å²) in [5, 5.41) is 5.53. The lowest BCUT2D eigenvalue weighted by Gasteiger charge is -2.26. The Morgan fingerprint density at radius 3 is 2.40 bits per heavy atom. The van der Waals surface area contributed by atoms with Crippen LogP contribution in [-0.4, -0.2) is 50.0 Å². The first kappa shape index (κ1) is 18.2. The Morgan fingerprint density at radius 2 is 1.76 bits per heavy atom. The number of rotatable bonds is 5. The highest BCUT2D eigenvalue weighted by molar-refractivity contribution is 7.91. The number of urea groups is 1. The van der Waals surface area contributed by atoms with Crippen molar-refractivity contribution in [1.29, 1.82) is 0 Å². The topological polar surface area (TPSA) is 78.5 Å². The molecule has 2 fully saturated rings. The molecule has 1 unspecified atom stereocenters. The molecule has 1 atom stereocenters. The van der Waals surface area contributed by atoms with Crippen LogP contribution in [0.25, 0.3) is 0 Å². The summed E-state index contributed by atoms with van der Waals surface area (Å²) in [6, 6.07) is 7.75. The number of nitrogens with one attached hydrogen (secondary N) is 2. The quantitative estimate of drug-likeness (QED) is 0.832. The third-order valence-corrected chi connectivity index (χ3v) is 6.67. The lowest BCUT2D eigenvalue weighted by atomic mass is 10.1. The molecule has 7 heteroatoms. The van der Waals surface area contributed by atoms with Crippen molar-refractivity contribution in [2.45, 2.75) is 44.8 Å². The number of sulfone groups is 1. The van der Waals surface area contributed by atoms with Gasteiger partial charge in [-0.25, -0.2) is 13.2 Å². The van der Waals surface area contributed by atoms with Crippen LogP contribution in [0.3, 0.4) is 0 Å². The fourth-order valence-corrected chi connectivity index (χ4v) is 5.14. The van der Waals surface area contributed by atoms with Crippen LogP contribution in [0.15, 0.2) is 24.3 Å². The van der Waals surface area contributed by atoms with Crippen molar-refractivity contribution in [3.05, 3.63) is 35.4 Å². The second-order valence-corrected chi connectivity index (χ2v) is 9.31. The number of hydrogen-bond acceptors (Lipinski definition) is 4. The second-order valence-electron chi connectivity index (χ2n) is 7.08. The molecular formula is C18H27N3O3S. The number of carbonyl (C=O) groups is 1. The highest BCUT2D eigenvalue weighted by atomic mass is 32.2. The van der Waals surface area contributed by atoms with E-state index >= 15 is 0 Å². The first-order valence-electron chi connectivity index (χ1n) is 9.05. The second kappa shape index (κ2) is 8.19. The summed E-state index contributed by atoms with van der Waals surface area (Å²) >= 11 is 0. The molecule has 0 saturated carbocycles. The molecule has 0 aromatic heterocycles. The zero-order valence-corrected chi connectivity index (χ0v) is 15.4. The minimum absolute atomic E-state index is 0.0472. The smallest absolute Gasteiger partial charge is 0.315 e. The summed E-state index contributed by atoms with van der Waals surface area (Å²) in [6.07, 6.45) is 4.43. The molecule has 2 amide bonds. The predicted octanol–water partition coefficient (Wildman–Crippen LogP) is 1.66. The van der Waals surface area contributed by atoms with Crippen LogP contribution in [0.4, 0.5) is 4.79 Å². The van der Waals surface area contributed by atoms with Gasteiger partial charge < -0.3 is 10.6 Å². The summed E-state index contributed by atoms with van der Waals surface area (Å²) < 4.78 is 22.8. The number of benzene rings is 1. The van der Waals surface area contributed by atoms with Gasteiger partial charge in [0, 0.05) is 19.1 Å². The van der Waals surface area contributed by atoms with Crippen molar-refractivity contribution in [3.8, 4) is 0 Å². The van der Waals surface area contributed by atoms with Crippen molar-refractivity contribution in [2.75, 3.05) is 24.6 Å². The highest BCUT2D eigenvalue weighted by Crippen LogP contribution is 2.14. The summed E-state index contributed by atoms with van der Waals surface area (Å²) in [6.45, 7) is 3.79. The molecule has 0 bridgehead atoms. The molecule has 1 aromatic rings. The van der Waals surface area contributed by atoms with E-state index in [4.69, 9.17) is 0 Å². The van der Waals surface area contributed by atoms with Crippen LogP contribution >= 0.6 is 0 Å². The van der Waals surface area contributed by atoms with Crippen molar-refractivity contribution >= 4 is 15.9 Å².